The molecule has 5 N–H and O–H groups in total. The number of amides is 3. The number of rotatable bonds is 6. The highest BCUT2D eigenvalue weighted by atomic mass is 16.2. The normalized spacial score (nSPS) is 17.3. The molecule has 0 saturated heterocycles. The first kappa shape index (κ1) is 17.3. The van der Waals surface area contributed by atoms with Gasteiger partial charge in [0, 0.05) is 19.1 Å². The first-order valence-corrected chi connectivity index (χ1v) is 8.22. The summed E-state index contributed by atoms with van der Waals surface area (Å²) in [5.74, 6) is -0.146. The zero-order valence-electron chi connectivity index (χ0n) is 13.6. The van der Waals surface area contributed by atoms with Crippen LogP contribution in [0.15, 0.2) is 30.3 Å². The standard InChI is InChI=1S/C17H26N4O2/c1-2-19-16(23)21-17(10-6-7-11-17)15(22)20-12-14(18)13-8-4-3-5-9-13/h3-5,8-9,14H,2,6-7,10-12,18H2,1H3,(H,20,22)(H2,19,21,23). The van der Waals surface area contributed by atoms with Crippen LogP contribution in [0.2, 0.25) is 0 Å². The summed E-state index contributed by atoms with van der Waals surface area (Å²) in [6.45, 7) is 2.73. The third kappa shape index (κ3) is 4.45. The summed E-state index contributed by atoms with van der Waals surface area (Å²) in [5.41, 5.74) is 6.29. The van der Waals surface area contributed by atoms with Crippen LogP contribution >= 0.6 is 0 Å². The van der Waals surface area contributed by atoms with Gasteiger partial charge < -0.3 is 21.7 Å². The van der Waals surface area contributed by atoms with E-state index < -0.39 is 5.54 Å². The molecule has 126 valence electrons. The van der Waals surface area contributed by atoms with E-state index >= 15 is 0 Å². The fourth-order valence-electron chi connectivity index (χ4n) is 3.00. The molecular formula is C17H26N4O2. The predicted molar refractivity (Wildman–Crippen MR) is 89.8 cm³/mol. The second-order valence-electron chi connectivity index (χ2n) is 6.00. The summed E-state index contributed by atoms with van der Waals surface area (Å²) in [6, 6.07) is 9.10. The maximum atomic E-state index is 12.6. The van der Waals surface area contributed by atoms with Gasteiger partial charge in [0.1, 0.15) is 5.54 Å². The highest BCUT2D eigenvalue weighted by molar-refractivity contribution is 5.91. The Morgan fingerprint density at radius 3 is 2.43 bits per heavy atom. The Labute approximate surface area is 137 Å². The van der Waals surface area contributed by atoms with E-state index in [4.69, 9.17) is 5.73 Å². The summed E-state index contributed by atoms with van der Waals surface area (Å²) in [5, 5.41) is 8.45. The van der Waals surface area contributed by atoms with Crippen LogP contribution in [0.25, 0.3) is 0 Å². The topological polar surface area (TPSA) is 96.2 Å². The van der Waals surface area contributed by atoms with Crippen LogP contribution in [0.3, 0.4) is 0 Å². The molecule has 1 saturated carbocycles. The van der Waals surface area contributed by atoms with E-state index in [1.165, 1.54) is 0 Å². The largest absolute Gasteiger partial charge is 0.352 e. The van der Waals surface area contributed by atoms with Crippen LogP contribution in [-0.2, 0) is 4.79 Å². The van der Waals surface area contributed by atoms with Crippen molar-refractivity contribution in [2.45, 2.75) is 44.2 Å². The molecule has 23 heavy (non-hydrogen) atoms. The van der Waals surface area contributed by atoms with Crippen LogP contribution < -0.4 is 21.7 Å². The third-order valence-corrected chi connectivity index (χ3v) is 4.29. The van der Waals surface area contributed by atoms with Gasteiger partial charge in [0.15, 0.2) is 0 Å². The van der Waals surface area contributed by atoms with Gasteiger partial charge in [-0.15, -0.1) is 0 Å². The Balaban J connectivity index is 1.95. The van der Waals surface area contributed by atoms with E-state index in [1.54, 1.807) is 0 Å². The van der Waals surface area contributed by atoms with Crippen LogP contribution in [0.5, 0.6) is 0 Å². The Morgan fingerprint density at radius 1 is 1.17 bits per heavy atom. The first-order chi connectivity index (χ1) is 11.1. The van der Waals surface area contributed by atoms with Gasteiger partial charge in [0.05, 0.1) is 0 Å². The molecule has 1 atom stereocenters. The smallest absolute Gasteiger partial charge is 0.315 e. The number of nitrogens with two attached hydrogens (primary N) is 1. The Kier molecular flexibility index (Phi) is 5.98. The van der Waals surface area contributed by atoms with E-state index in [0.717, 1.165) is 18.4 Å². The molecule has 1 aliphatic rings. The molecule has 1 aromatic carbocycles. The van der Waals surface area contributed by atoms with Crippen LogP contribution in [-0.4, -0.2) is 30.6 Å². The lowest BCUT2D eigenvalue weighted by molar-refractivity contribution is -0.127. The van der Waals surface area contributed by atoms with Gasteiger partial charge in [-0.05, 0) is 25.3 Å². The molecule has 0 aliphatic heterocycles. The fourth-order valence-corrected chi connectivity index (χ4v) is 3.00. The number of carbonyl (C=O) groups excluding carboxylic acids is 2. The monoisotopic (exact) mass is 318 g/mol. The van der Waals surface area contributed by atoms with Gasteiger partial charge >= 0.3 is 6.03 Å². The lowest BCUT2D eigenvalue weighted by Crippen LogP contribution is -2.59. The minimum atomic E-state index is -0.810. The maximum absolute atomic E-state index is 12.6. The molecule has 1 unspecified atom stereocenters. The van der Waals surface area contributed by atoms with Gasteiger partial charge in [0.25, 0.3) is 0 Å². The van der Waals surface area contributed by atoms with Crippen molar-refractivity contribution in [1.82, 2.24) is 16.0 Å². The fraction of sp³-hybridized carbons (Fsp3) is 0.529. The van der Waals surface area contributed by atoms with Crippen molar-refractivity contribution in [2.24, 2.45) is 5.73 Å². The quantitative estimate of drug-likeness (QED) is 0.639. The number of hydrogen-bond donors (Lipinski definition) is 4. The average Bonchev–Trinajstić information content (AvgIpc) is 3.03. The Hall–Kier alpha value is -2.08. The zero-order chi connectivity index (χ0) is 16.7. The van der Waals surface area contributed by atoms with E-state index in [9.17, 15) is 9.59 Å². The summed E-state index contributed by atoms with van der Waals surface area (Å²) in [7, 11) is 0. The number of hydrogen-bond acceptors (Lipinski definition) is 3. The summed E-state index contributed by atoms with van der Waals surface area (Å²) in [4.78, 5) is 24.5. The Morgan fingerprint density at radius 2 is 1.83 bits per heavy atom. The molecule has 6 heteroatoms. The molecule has 1 aliphatic carbocycles. The zero-order valence-corrected chi connectivity index (χ0v) is 13.6. The van der Waals surface area contributed by atoms with Crippen molar-refractivity contribution >= 4 is 11.9 Å². The molecule has 0 bridgehead atoms. The molecule has 0 spiro atoms. The predicted octanol–water partition coefficient (Wildman–Crippen LogP) is 1.43. The SMILES string of the molecule is CCNC(=O)NC1(C(=O)NCC(N)c2ccccc2)CCCC1. The van der Waals surface area contributed by atoms with Crippen molar-refractivity contribution in [3.63, 3.8) is 0 Å². The van der Waals surface area contributed by atoms with Gasteiger partial charge in [0.2, 0.25) is 5.91 Å². The minimum absolute atomic E-state index is 0.146. The van der Waals surface area contributed by atoms with Crippen molar-refractivity contribution in [3.05, 3.63) is 35.9 Å². The van der Waals surface area contributed by atoms with E-state index in [-0.39, 0.29) is 18.0 Å². The molecule has 2 rings (SSSR count). The Bertz CT molecular complexity index is 527. The van der Waals surface area contributed by atoms with Crippen LogP contribution in [0, 0.1) is 0 Å². The highest BCUT2D eigenvalue weighted by Crippen LogP contribution is 2.30. The molecule has 0 heterocycles. The van der Waals surface area contributed by atoms with Crippen molar-refractivity contribution in [2.75, 3.05) is 13.1 Å². The van der Waals surface area contributed by atoms with E-state index in [0.29, 0.717) is 25.9 Å². The molecule has 1 aromatic rings. The number of carbonyl (C=O) groups is 2. The molecule has 1 fully saturated rings. The van der Waals surface area contributed by atoms with Gasteiger partial charge in [-0.25, -0.2) is 4.79 Å². The maximum Gasteiger partial charge on any atom is 0.315 e. The molecular weight excluding hydrogens is 292 g/mol. The second-order valence-corrected chi connectivity index (χ2v) is 6.00. The van der Waals surface area contributed by atoms with Gasteiger partial charge in [-0.3, -0.25) is 4.79 Å². The molecule has 0 radical (unpaired) electrons. The highest BCUT2D eigenvalue weighted by Gasteiger charge is 2.42. The number of nitrogens with one attached hydrogen (secondary N) is 3. The number of benzene rings is 1. The van der Waals surface area contributed by atoms with Crippen LogP contribution in [0.1, 0.15) is 44.2 Å². The molecule has 0 aromatic heterocycles. The number of urea groups is 1. The summed E-state index contributed by atoms with van der Waals surface area (Å²) in [6.07, 6.45) is 3.20. The summed E-state index contributed by atoms with van der Waals surface area (Å²) < 4.78 is 0. The second kappa shape index (κ2) is 7.97. The first-order valence-electron chi connectivity index (χ1n) is 8.22. The van der Waals surface area contributed by atoms with Gasteiger partial charge in [-0.1, -0.05) is 43.2 Å². The lowest BCUT2D eigenvalue weighted by Gasteiger charge is -2.29. The third-order valence-electron chi connectivity index (χ3n) is 4.29. The van der Waals surface area contributed by atoms with Crippen molar-refractivity contribution < 1.29 is 9.59 Å². The van der Waals surface area contributed by atoms with Crippen molar-refractivity contribution in [1.29, 1.82) is 0 Å². The summed E-state index contributed by atoms with van der Waals surface area (Å²) >= 11 is 0. The molecule has 6 nitrogen and oxygen atoms in total. The van der Waals surface area contributed by atoms with Gasteiger partial charge in [-0.2, -0.15) is 0 Å². The van der Waals surface area contributed by atoms with E-state index in [2.05, 4.69) is 16.0 Å². The molecule has 3 amide bonds. The average molecular weight is 318 g/mol. The minimum Gasteiger partial charge on any atom is -0.352 e. The van der Waals surface area contributed by atoms with E-state index in [1.807, 2.05) is 37.3 Å². The van der Waals surface area contributed by atoms with Crippen molar-refractivity contribution in [3.8, 4) is 0 Å². The lowest BCUT2D eigenvalue weighted by atomic mass is 9.96. The van der Waals surface area contributed by atoms with Crippen LogP contribution in [0.4, 0.5) is 4.79 Å².